The molecule has 156 valence electrons. The number of rotatable bonds is 6. The van der Waals surface area contributed by atoms with E-state index in [4.69, 9.17) is 0 Å². The van der Waals surface area contributed by atoms with Crippen molar-refractivity contribution in [1.82, 2.24) is 15.5 Å². The fourth-order valence-electron chi connectivity index (χ4n) is 2.97. The molecule has 1 aliphatic rings. The lowest BCUT2D eigenvalue weighted by molar-refractivity contribution is -0.137. The number of hydrogen-bond acceptors (Lipinski definition) is 3. The number of alkyl halides is 3. The number of hydrogen-bond donors (Lipinski definition) is 2. The number of halogens is 3. The molecule has 1 saturated carbocycles. The second kappa shape index (κ2) is 10.0. The van der Waals surface area contributed by atoms with Crippen LogP contribution in [0.5, 0.6) is 0 Å². The number of carbonyl (C=O) groups excluding carboxylic acids is 1. The van der Waals surface area contributed by atoms with Crippen molar-refractivity contribution in [2.45, 2.75) is 43.3 Å². The number of benzene rings is 1. The maximum atomic E-state index is 12.9. The Kier molecular flexibility index (Phi) is 8.03. The quantitative estimate of drug-likeness (QED) is 0.553. The van der Waals surface area contributed by atoms with E-state index < -0.39 is 11.7 Å². The number of likely N-dealkylation sites (N-methyl/N-ethyl adjacent to an activating group) is 1. The molecule has 5 nitrogen and oxygen atoms in total. The molecule has 2 rings (SSSR count). The van der Waals surface area contributed by atoms with Crippen LogP contribution in [0.3, 0.4) is 0 Å². The van der Waals surface area contributed by atoms with Crippen molar-refractivity contribution < 1.29 is 18.0 Å². The van der Waals surface area contributed by atoms with Gasteiger partial charge in [-0.2, -0.15) is 24.9 Å². The van der Waals surface area contributed by atoms with Crippen LogP contribution < -0.4 is 10.6 Å². The number of amides is 1. The molecule has 2 N–H and O–H groups in total. The first-order chi connectivity index (χ1) is 13.2. The fourth-order valence-corrected chi connectivity index (χ4v) is 3.76. The molecule has 1 aromatic carbocycles. The SMILES string of the molecule is CSC1CCC(NC(=NCc2cccc(C(F)(F)F)c2)NCC(=O)N(C)C)C1. The molecule has 28 heavy (non-hydrogen) atoms. The Bertz CT molecular complexity index is 694. The average molecular weight is 417 g/mol. The molecule has 0 saturated heterocycles. The van der Waals surface area contributed by atoms with Gasteiger partial charge in [-0.3, -0.25) is 4.79 Å². The predicted octanol–water partition coefficient (Wildman–Crippen LogP) is 3.11. The maximum absolute atomic E-state index is 12.9. The summed E-state index contributed by atoms with van der Waals surface area (Å²) in [5.74, 6) is 0.335. The van der Waals surface area contributed by atoms with E-state index in [0.29, 0.717) is 16.8 Å². The largest absolute Gasteiger partial charge is 0.416 e. The van der Waals surface area contributed by atoms with Gasteiger partial charge in [0.05, 0.1) is 18.7 Å². The summed E-state index contributed by atoms with van der Waals surface area (Å²) in [4.78, 5) is 17.7. The number of guanidine groups is 1. The summed E-state index contributed by atoms with van der Waals surface area (Å²) in [6.45, 7) is 0.161. The zero-order valence-electron chi connectivity index (χ0n) is 16.3. The van der Waals surface area contributed by atoms with Crippen molar-refractivity contribution in [2.75, 3.05) is 26.9 Å². The Morgan fingerprint density at radius 3 is 2.68 bits per heavy atom. The van der Waals surface area contributed by atoms with E-state index in [-0.39, 0.29) is 25.0 Å². The zero-order valence-corrected chi connectivity index (χ0v) is 17.2. The molecule has 0 heterocycles. The van der Waals surface area contributed by atoms with E-state index in [1.807, 2.05) is 11.8 Å². The number of carbonyl (C=O) groups is 1. The minimum atomic E-state index is -4.38. The van der Waals surface area contributed by atoms with Gasteiger partial charge in [-0.05, 0) is 43.2 Å². The number of nitrogens with zero attached hydrogens (tertiary/aromatic N) is 2. The van der Waals surface area contributed by atoms with Gasteiger partial charge in [0.15, 0.2) is 5.96 Å². The third-order valence-corrected chi connectivity index (χ3v) is 5.73. The second-order valence-corrected chi connectivity index (χ2v) is 8.15. The number of nitrogens with one attached hydrogen (secondary N) is 2. The molecule has 0 aliphatic heterocycles. The molecule has 1 aliphatic carbocycles. The highest BCUT2D eigenvalue weighted by molar-refractivity contribution is 7.99. The van der Waals surface area contributed by atoms with Gasteiger partial charge in [-0.1, -0.05) is 12.1 Å². The highest BCUT2D eigenvalue weighted by atomic mass is 32.2. The van der Waals surface area contributed by atoms with Crippen molar-refractivity contribution >= 4 is 23.6 Å². The first-order valence-electron chi connectivity index (χ1n) is 9.13. The van der Waals surface area contributed by atoms with Gasteiger partial charge in [0.25, 0.3) is 0 Å². The molecule has 0 aromatic heterocycles. The van der Waals surface area contributed by atoms with Crippen molar-refractivity contribution in [2.24, 2.45) is 4.99 Å². The standard InChI is InChI=1S/C19H27F3N4OS/c1-26(2)17(27)12-24-18(25-15-7-8-16(10-15)28-3)23-11-13-5-4-6-14(9-13)19(20,21)22/h4-6,9,15-16H,7-8,10-12H2,1-3H3,(H2,23,24,25). The summed E-state index contributed by atoms with van der Waals surface area (Å²) in [6, 6.07) is 5.37. The minimum Gasteiger partial charge on any atom is -0.354 e. The van der Waals surface area contributed by atoms with Crippen LogP contribution in [0, 0.1) is 0 Å². The first kappa shape index (κ1) is 22.4. The molecule has 0 radical (unpaired) electrons. The maximum Gasteiger partial charge on any atom is 0.416 e. The van der Waals surface area contributed by atoms with Gasteiger partial charge in [0.2, 0.25) is 5.91 Å². The highest BCUT2D eigenvalue weighted by Gasteiger charge is 2.30. The van der Waals surface area contributed by atoms with Crippen LogP contribution in [0.4, 0.5) is 13.2 Å². The molecule has 1 aromatic rings. The van der Waals surface area contributed by atoms with Crippen LogP contribution in [0.2, 0.25) is 0 Å². The topological polar surface area (TPSA) is 56.7 Å². The summed E-state index contributed by atoms with van der Waals surface area (Å²) >= 11 is 1.83. The normalized spacial score (nSPS) is 20.1. The monoisotopic (exact) mass is 416 g/mol. The predicted molar refractivity (Wildman–Crippen MR) is 107 cm³/mol. The Balaban J connectivity index is 2.07. The third-order valence-electron chi connectivity index (χ3n) is 4.64. The van der Waals surface area contributed by atoms with Crippen molar-refractivity contribution in [1.29, 1.82) is 0 Å². The van der Waals surface area contributed by atoms with Gasteiger partial charge in [-0.15, -0.1) is 0 Å². The van der Waals surface area contributed by atoms with E-state index in [1.54, 1.807) is 20.2 Å². The Labute approximate surface area is 168 Å². The number of aliphatic imine (C=N–C) groups is 1. The van der Waals surface area contributed by atoms with Crippen LogP contribution in [0.25, 0.3) is 0 Å². The third kappa shape index (κ3) is 6.92. The van der Waals surface area contributed by atoms with Crippen molar-refractivity contribution in [3.8, 4) is 0 Å². The molecular weight excluding hydrogens is 389 g/mol. The number of thioether (sulfide) groups is 1. The summed E-state index contributed by atoms with van der Waals surface area (Å²) in [5.41, 5.74) is -0.229. The molecule has 1 fully saturated rings. The molecule has 1 amide bonds. The molecule has 0 bridgehead atoms. The lowest BCUT2D eigenvalue weighted by Crippen LogP contribution is -2.46. The van der Waals surface area contributed by atoms with Gasteiger partial charge in [-0.25, -0.2) is 4.99 Å². The van der Waals surface area contributed by atoms with Crippen LogP contribution >= 0.6 is 11.8 Å². The lowest BCUT2D eigenvalue weighted by Gasteiger charge is -2.19. The van der Waals surface area contributed by atoms with E-state index in [2.05, 4.69) is 21.9 Å². The van der Waals surface area contributed by atoms with Crippen molar-refractivity contribution in [3.63, 3.8) is 0 Å². The van der Waals surface area contributed by atoms with Crippen LogP contribution in [-0.2, 0) is 17.5 Å². The summed E-state index contributed by atoms with van der Waals surface area (Å²) in [7, 11) is 3.33. The second-order valence-electron chi connectivity index (χ2n) is 7.02. The van der Waals surface area contributed by atoms with E-state index in [9.17, 15) is 18.0 Å². The Morgan fingerprint density at radius 1 is 1.32 bits per heavy atom. The summed E-state index contributed by atoms with van der Waals surface area (Å²) in [5, 5.41) is 6.91. The van der Waals surface area contributed by atoms with E-state index >= 15 is 0 Å². The molecule has 9 heteroatoms. The minimum absolute atomic E-state index is 0.0695. The molecule has 2 atom stereocenters. The average Bonchev–Trinajstić information content (AvgIpc) is 3.10. The molecular formula is C19H27F3N4OS. The summed E-state index contributed by atoms with van der Waals surface area (Å²) < 4.78 is 38.7. The zero-order chi connectivity index (χ0) is 20.7. The van der Waals surface area contributed by atoms with E-state index in [0.717, 1.165) is 31.4 Å². The Morgan fingerprint density at radius 2 is 2.07 bits per heavy atom. The van der Waals surface area contributed by atoms with Gasteiger partial charge < -0.3 is 15.5 Å². The van der Waals surface area contributed by atoms with Crippen molar-refractivity contribution in [3.05, 3.63) is 35.4 Å². The summed E-state index contributed by atoms with van der Waals surface area (Å²) in [6.07, 6.45) is 0.804. The van der Waals surface area contributed by atoms with Crippen LogP contribution in [0.15, 0.2) is 29.3 Å². The smallest absolute Gasteiger partial charge is 0.354 e. The van der Waals surface area contributed by atoms with Gasteiger partial charge in [0.1, 0.15) is 0 Å². The van der Waals surface area contributed by atoms with E-state index in [1.165, 1.54) is 11.0 Å². The van der Waals surface area contributed by atoms with Gasteiger partial charge >= 0.3 is 6.18 Å². The highest BCUT2D eigenvalue weighted by Crippen LogP contribution is 2.30. The Hall–Kier alpha value is -1.90. The fraction of sp³-hybridized carbons (Fsp3) is 0.579. The van der Waals surface area contributed by atoms with Gasteiger partial charge in [0, 0.05) is 25.4 Å². The molecule has 2 unspecified atom stereocenters. The van der Waals surface area contributed by atoms with Crippen LogP contribution in [-0.4, -0.2) is 55.0 Å². The van der Waals surface area contributed by atoms with Crippen LogP contribution in [0.1, 0.15) is 30.4 Å². The first-order valence-corrected chi connectivity index (χ1v) is 10.4. The molecule has 0 spiro atoms. The lowest BCUT2D eigenvalue weighted by atomic mass is 10.1.